The minimum absolute atomic E-state index is 0.0144. The van der Waals surface area contributed by atoms with Gasteiger partial charge in [0.2, 0.25) is 5.88 Å². The molecular weight excluding hydrogens is 894 g/mol. The van der Waals surface area contributed by atoms with Crippen molar-refractivity contribution < 1.29 is 44.2 Å². The van der Waals surface area contributed by atoms with E-state index in [1.54, 1.807) is 6.07 Å². The normalized spacial score (nSPS) is 18.7. The smallest absolute Gasteiger partial charge is 0.421 e. The molecule has 0 atom stereocenters. The van der Waals surface area contributed by atoms with E-state index in [1.165, 1.54) is 40.1 Å². The first-order chi connectivity index (χ1) is 30.9. The first-order valence-corrected chi connectivity index (χ1v) is 23.5. The summed E-state index contributed by atoms with van der Waals surface area (Å²) in [6.07, 6.45) is 0.905. The van der Waals surface area contributed by atoms with Gasteiger partial charge in [-0.15, -0.1) is 0 Å². The van der Waals surface area contributed by atoms with Gasteiger partial charge in [0.1, 0.15) is 47.6 Å². The molecule has 65 heavy (non-hydrogen) atoms. The Kier molecular flexibility index (Phi) is 13.5. The number of piperazine rings is 1. The van der Waals surface area contributed by atoms with Crippen molar-refractivity contribution in [3.8, 4) is 17.4 Å². The van der Waals surface area contributed by atoms with E-state index in [0.717, 1.165) is 66.7 Å². The number of nitrogens with zero attached hydrogens (tertiary/aromatic N) is 6. The fraction of sp³-hybridized carbons (Fsp3) is 0.447. The number of allylic oxidation sites excluding steroid dienone is 1. The molecule has 0 radical (unpaired) electrons. The molecule has 5 heterocycles. The second-order valence-electron chi connectivity index (χ2n) is 18.0. The highest BCUT2D eigenvalue weighted by Crippen LogP contribution is 2.44. The predicted octanol–water partition coefficient (Wildman–Crippen LogP) is 10.4. The third-order valence-corrected chi connectivity index (χ3v) is 14.7. The molecule has 10 nitrogen and oxygen atoms in total. The second kappa shape index (κ2) is 18.8. The second-order valence-corrected chi connectivity index (χ2v) is 20.2. The number of pyridine rings is 2. The zero-order chi connectivity index (χ0) is 46.1. The highest BCUT2D eigenvalue weighted by Gasteiger charge is 2.41. The van der Waals surface area contributed by atoms with E-state index in [9.17, 15) is 30.4 Å². The lowest BCUT2D eigenvalue weighted by Crippen LogP contribution is -2.50. The SMILES string of the molecule is CC1(C)CCC(CN2CCN(c3cccc(Oc4cnc5c(ccn5S(=O)(=O)c5cnc(OCC6(F)CCN(C(CF)CF)CC6)c(C(F)(F)F)c5)c4)c3)CC2)=C(c2ccc(Cl)cc2)C1. The maximum Gasteiger partial charge on any atom is 0.421 e. The monoisotopic (exact) mass is 944 g/mol. The summed E-state index contributed by atoms with van der Waals surface area (Å²) in [6.45, 7) is 6.29. The van der Waals surface area contributed by atoms with Gasteiger partial charge in [0.05, 0.1) is 18.4 Å². The van der Waals surface area contributed by atoms with Crippen molar-refractivity contribution in [2.24, 2.45) is 5.41 Å². The molecule has 2 aromatic carbocycles. The van der Waals surface area contributed by atoms with Crippen LogP contribution in [0.3, 0.4) is 0 Å². The number of aromatic nitrogens is 3. The van der Waals surface area contributed by atoms with Crippen LogP contribution >= 0.6 is 11.6 Å². The van der Waals surface area contributed by atoms with E-state index in [2.05, 4.69) is 45.7 Å². The van der Waals surface area contributed by atoms with Crippen LogP contribution in [0.2, 0.25) is 5.02 Å². The molecule has 2 saturated heterocycles. The number of fused-ring (bicyclic) bond motifs is 1. The van der Waals surface area contributed by atoms with Crippen molar-refractivity contribution in [3.05, 3.63) is 107 Å². The first kappa shape index (κ1) is 46.7. The van der Waals surface area contributed by atoms with Crippen LogP contribution in [-0.2, 0) is 16.2 Å². The highest BCUT2D eigenvalue weighted by molar-refractivity contribution is 7.90. The van der Waals surface area contributed by atoms with Crippen molar-refractivity contribution >= 4 is 43.9 Å². The van der Waals surface area contributed by atoms with Crippen LogP contribution in [0.1, 0.15) is 57.1 Å². The molecule has 5 aromatic rings. The molecule has 0 spiro atoms. The minimum atomic E-state index is -5.11. The molecule has 0 N–H and O–H groups in total. The Morgan fingerprint density at radius 2 is 1.58 bits per heavy atom. The third kappa shape index (κ3) is 10.6. The number of alkyl halides is 6. The lowest BCUT2D eigenvalue weighted by Gasteiger charge is -2.39. The molecule has 18 heteroatoms. The summed E-state index contributed by atoms with van der Waals surface area (Å²) in [7, 11) is -4.67. The van der Waals surface area contributed by atoms with E-state index in [-0.39, 0.29) is 37.0 Å². The van der Waals surface area contributed by atoms with Gasteiger partial charge in [-0.25, -0.2) is 35.5 Å². The van der Waals surface area contributed by atoms with Crippen LogP contribution in [0, 0.1) is 5.41 Å². The van der Waals surface area contributed by atoms with Crippen molar-refractivity contribution in [2.45, 2.75) is 68.7 Å². The van der Waals surface area contributed by atoms with Gasteiger partial charge in [-0.1, -0.05) is 49.2 Å². The standard InChI is InChI=1S/C47H51ClF6N6O4S/c1-45(2)12-10-34(41(25-45)32-6-8-35(48)9-7-32)30-57-18-20-59(21-19-57)36-4-3-5-38(23-36)64-39-22-33-11-15-60(43(33)55-28-39)65(61,62)40-24-42(47(52,53)54)44(56-29-40)63-31-46(51)13-16-58(17-14-46)37(26-49)27-50/h3-9,11,15,22-24,28-29,37H,10,12-14,16-21,25-27,30-31H2,1-2H3. The molecule has 2 aliphatic heterocycles. The summed E-state index contributed by atoms with van der Waals surface area (Å²) < 4.78 is 124. The Bertz CT molecular complexity index is 2620. The third-order valence-electron chi connectivity index (χ3n) is 12.8. The van der Waals surface area contributed by atoms with Gasteiger partial charge in [0.15, 0.2) is 5.65 Å². The average molecular weight is 945 g/mol. The topological polar surface area (TPSA) is 93.0 Å². The summed E-state index contributed by atoms with van der Waals surface area (Å²) >= 11 is 6.21. The fourth-order valence-electron chi connectivity index (χ4n) is 8.88. The van der Waals surface area contributed by atoms with E-state index < -0.39 is 64.2 Å². The van der Waals surface area contributed by atoms with Gasteiger partial charge < -0.3 is 14.4 Å². The Morgan fingerprint density at radius 1 is 0.862 bits per heavy atom. The van der Waals surface area contributed by atoms with E-state index >= 15 is 4.39 Å². The van der Waals surface area contributed by atoms with Gasteiger partial charge in [0, 0.05) is 74.2 Å². The number of hydrogen-bond donors (Lipinski definition) is 0. The molecule has 3 aromatic heterocycles. The van der Waals surface area contributed by atoms with Crippen molar-refractivity contribution in [3.63, 3.8) is 0 Å². The zero-order valence-electron chi connectivity index (χ0n) is 36.1. The van der Waals surface area contributed by atoms with Gasteiger partial charge in [0.25, 0.3) is 10.0 Å². The van der Waals surface area contributed by atoms with Crippen LogP contribution in [0.15, 0.2) is 95.8 Å². The van der Waals surface area contributed by atoms with Crippen LogP contribution in [0.25, 0.3) is 16.6 Å². The minimum Gasteiger partial charge on any atom is -0.474 e. The Hall–Kier alpha value is -4.84. The fourth-order valence-corrected chi connectivity index (χ4v) is 10.3. The molecule has 0 amide bonds. The summed E-state index contributed by atoms with van der Waals surface area (Å²) in [5.74, 6) is -0.135. The van der Waals surface area contributed by atoms with Gasteiger partial charge in [-0.2, -0.15) is 13.2 Å². The van der Waals surface area contributed by atoms with E-state index in [4.69, 9.17) is 21.1 Å². The number of rotatable bonds is 14. The number of piperidine rings is 1. The largest absolute Gasteiger partial charge is 0.474 e. The molecule has 1 aliphatic carbocycles. The summed E-state index contributed by atoms with van der Waals surface area (Å²) in [6, 6.07) is 18.3. The number of likely N-dealkylation sites (tertiary alicyclic amines) is 1. The van der Waals surface area contributed by atoms with Crippen molar-refractivity contribution in [2.75, 3.05) is 70.7 Å². The average Bonchev–Trinajstić information content (AvgIpc) is 3.72. The van der Waals surface area contributed by atoms with Crippen molar-refractivity contribution in [1.82, 2.24) is 23.7 Å². The number of halogens is 7. The van der Waals surface area contributed by atoms with Crippen LogP contribution < -0.4 is 14.4 Å². The molecule has 0 saturated carbocycles. The molecule has 0 bridgehead atoms. The lowest BCUT2D eigenvalue weighted by atomic mass is 9.72. The maximum atomic E-state index is 15.6. The zero-order valence-corrected chi connectivity index (χ0v) is 37.7. The molecule has 0 unspecified atom stereocenters. The van der Waals surface area contributed by atoms with Gasteiger partial charge in [-0.3, -0.25) is 9.80 Å². The Morgan fingerprint density at radius 3 is 2.28 bits per heavy atom. The number of benzene rings is 2. The molecule has 8 rings (SSSR count). The van der Waals surface area contributed by atoms with E-state index in [1.807, 2.05) is 36.4 Å². The molecule has 348 valence electrons. The number of anilines is 1. The Labute approximate surface area is 379 Å². The number of hydrogen-bond acceptors (Lipinski definition) is 9. The van der Waals surface area contributed by atoms with Crippen LogP contribution in [0.4, 0.5) is 32.0 Å². The quantitative estimate of drug-likeness (QED) is 0.101. The molecular formula is C47H51ClF6N6O4S. The summed E-state index contributed by atoms with van der Waals surface area (Å²) in [5.41, 5.74) is 1.74. The Balaban J connectivity index is 0.913. The molecule has 3 aliphatic rings. The summed E-state index contributed by atoms with van der Waals surface area (Å²) in [5, 5.41) is 1.08. The predicted molar refractivity (Wildman–Crippen MR) is 239 cm³/mol. The molecule has 2 fully saturated rings. The van der Waals surface area contributed by atoms with Gasteiger partial charge >= 0.3 is 6.18 Å². The van der Waals surface area contributed by atoms with Gasteiger partial charge in [-0.05, 0) is 91.1 Å². The van der Waals surface area contributed by atoms with Crippen molar-refractivity contribution in [1.29, 1.82) is 0 Å². The summed E-state index contributed by atoms with van der Waals surface area (Å²) in [4.78, 5) is 13.5. The van der Waals surface area contributed by atoms with E-state index in [0.29, 0.717) is 29.1 Å². The lowest BCUT2D eigenvalue weighted by molar-refractivity contribution is -0.140. The first-order valence-electron chi connectivity index (χ1n) is 21.6. The van der Waals surface area contributed by atoms with Crippen LogP contribution in [-0.4, -0.2) is 110 Å². The highest BCUT2D eigenvalue weighted by atomic mass is 35.5. The maximum absolute atomic E-state index is 15.6. The number of ether oxygens (including phenoxy) is 2. The van der Waals surface area contributed by atoms with Crippen LogP contribution in [0.5, 0.6) is 17.4 Å².